The highest BCUT2D eigenvalue weighted by molar-refractivity contribution is 6.01. The highest BCUT2D eigenvalue weighted by Crippen LogP contribution is 2.40. The molecule has 1 aromatic rings. The van der Waals surface area contributed by atoms with E-state index >= 15 is 0 Å². The zero-order valence-corrected chi connectivity index (χ0v) is 13.4. The number of hydrogen-bond acceptors (Lipinski definition) is 5. The molecule has 6 nitrogen and oxygen atoms in total. The van der Waals surface area contributed by atoms with Gasteiger partial charge in [-0.05, 0) is 24.5 Å². The van der Waals surface area contributed by atoms with E-state index in [4.69, 9.17) is 9.47 Å². The smallest absolute Gasteiger partial charge is 0.323 e. The summed E-state index contributed by atoms with van der Waals surface area (Å²) in [6, 6.07) is 1.52. The van der Waals surface area contributed by atoms with Gasteiger partial charge in [0.2, 0.25) is 0 Å². The topological polar surface area (TPSA) is 74.6 Å². The summed E-state index contributed by atoms with van der Waals surface area (Å²) in [4.78, 5) is 36.6. The molecule has 1 aliphatic carbocycles. The van der Waals surface area contributed by atoms with Crippen molar-refractivity contribution in [3.63, 3.8) is 0 Å². The fourth-order valence-electron chi connectivity index (χ4n) is 3.23. The average molecular weight is 307 g/mol. The first-order valence-electron chi connectivity index (χ1n) is 7.30. The summed E-state index contributed by atoms with van der Waals surface area (Å²) >= 11 is 0. The largest absolute Gasteiger partial charge is 0.468 e. The third kappa shape index (κ3) is 2.32. The number of aromatic nitrogens is 1. The molecule has 1 aliphatic rings. The predicted octanol–water partition coefficient (Wildman–Crippen LogP) is 0.998. The molecular formula is C16H21NO5. The van der Waals surface area contributed by atoms with Gasteiger partial charge in [-0.25, -0.2) is 0 Å². The first kappa shape index (κ1) is 16.3. The summed E-state index contributed by atoms with van der Waals surface area (Å²) < 4.78 is 11.3. The molecule has 0 unspecified atom stereocenters. The Morgan fingerprint density at radius 3 is 2.32 bits per heavy atom. The second kappa shape index (κ2) is 5.94. The molecule has 0 spiro atoms. The van der Waals surface area contributed by atoms with E-state index in [1.54, 1.807) is 4.57 Å². The quantitative estimate of drug-likeness (QED) is 0.613. The summed E-state index contributed by atoms with van der Waals surface area (Å²) in [6.45, 7) is 4.45. The Hall–Kier alpha value is -2.11. The van der Waals surface area contributed by atoms with E-state index in [1.165, 1.54) is 20.3 Å². The minimum atomic E-state index is -1.38. The second-order valence-corrected chi connectivity index (χ2v) is 5.64. The summed E-state index contributed by atoms with van der Waals surface area (Å²) in [7, 11) is 2.50. The monoisotopic (exact) mass is 307 g/mol. The number of pyridine rings is 1. The average Bonchev–Trinajstić information content (AvgIpc) is 2.90. The second-order valence-electron chi connectivity index (χ2n) is 5.64. The number of carbonyl (C=O) groups is 2. The van der Waals surface area contributed by atoms with Crippen LogP contribution in [0, 0.1) is 12.3 Å². The van der Waals surface area contributed by atoms with E-state index in [0.29, 0.717) is 6.54 Å². The summed E-state index contributed by atoms with van der Waals surface area (Å²) in [5, 5.41) is 0. The Labute approximate surface area is 129 Å². The van der Waals surface area contributed by atoms with Gasteiger partial charge in [-0.2, -0.15) is 0 Å². The van der Waals surface area contributed by atoms with Gasteiger partial charge < -0.3 is 14.0 Å². The molecule has 0 amide bonds. The molecule has 1 aromatic heterocycles. The van der Waals surface area contributed by atoms with Crippen LogP contribution >= 0.6 is 0 Å². The maximum Gasteiger partial charge on any atom is 0.323 e. The fraction of sp³-hybridized carbons (Fsp3) is 0.562. The standard InChI is InChI=1S/C16H21NO5/c1-5-6-17-10(2)12-9-16(14(19)21-3,15(20)22-4)8-11(12)7-13(17)18/h7H,5-6,8-9H2,1-4H3. The van der Waals surface area contributed by atoms with E-state index in [-0.39, 0.29) is 18.4 Å². The van der Waals surface area contributed by atoms with Crippen LogP contribution in [0.5, 0.6) is 0 Å². The molecule has 22 heavy (non-hydrogen) atoms. The van der Waals surface area contributed by atoms with Crippen LogP contribution in [0.3, 0.4) is 0 Å². The highest BCUT2D eigenvalue weighted by Gasteiger charge is 2.53. The number of esters is 2. The number of ether oxygens (including phenoxy) is 2. The summed E-state index contributed by atoms with van der Waals surface area (Å²) in [5.41, 5.74) is 0.909. The Balaban J connectivity index is 2.56. The molecule has 0 aromatic carbocycles. The minimum Gasteiger partial charge on any atom is -0.468 e. The van der Waals surface area contributed by atoms with Crippen molar-refractivity contribution >= 4 is 11.9 Å². The molecule has 1 heterocycles. The van der Waals surface area contributed by atoms with Gasteiger partial charge in [-0.15, -0.1) is 0 Å². The van der Waals surface area contributed by atoms with Crippen molar-refractivity contribution < 1.29 is 19.1 Å². The predicted molar refractivity (Wildman–Crippen MR) is 79.6 cm³/mol. The van der Waals surface area contributed by atoms with Crippen LogP contribution in [-0.4, -0.2) is 30.7 Å². The van der Waals surface area contributed by atoms with Gasteiger partial charge in [0.1, 0.15) is 0 Å². The number of methoxy groups -OCH3 is 2. The van der Waals surface area contributed by atoms with Gasteiger partial charge in [0.15, 0.2) is 5.41 Å². The summed E-state index contributed by atoms with van der Waals surface area (Å²) in [6.07, 6.45) is 1.18. The molecular weight excluding hydrogens is 286 g/mol. The molecule has 0 atom stereocenters. The Morgan fingerprint density at radius 1 is 1.23 bits per heavy atom. The number of nitrogens with zero attached hydrogens (tertiary/aromatic N) is 1. The Morgan fingerprint density at radius 2 is 1.82 bits per heavy atom. The highest BCUT2D eigenvalue weighted by atomic mass is 16.5. The van der Waals surface area contributed by atoms with Gasteiger partial charge in [0.05, 0.1) is 14.2 Å². The number of fused-ring (bicyclic) bond motifs is 1. The first-order valence-corrected chi connectivity index (χ1v) is 7.30. The lowest BCUT2D eigenvalue weighted by molar-refractivity contribution is -0.168. The molecule has 0 fully saturated rings. The lowest BCUT2D eigenvalue weighted by Crippen LogP contribution is -2.42. The van der Waals surface area contributed by atoms with Gasteiger partial charge >= 0.3 is 11.9 Å². The van der Waals surface area contributed by atoms with Crippen molar-refractivity contribution in [2.75, 3.05) is 14.2 Å². The van der Waals surface area contributed by atoms with Crippen LogP contribution in [-0.2, 0) is 38.4 Å². The Bertz CT molecular complexity index is 658. The maximum absolute atomic E-state index is 12.2. The maximum atomic E-state index is 12.2. The molecule has 2 rings (SSSR count). The molecule has 0 bridgehead atoms. The third-order valence-corrected chi connectivity index (χ3v) is 4.36. The van der Waals surface area contributed by atoms with Crippen molar-refractivity contribution in [1.29, 1.82) is 0 Å². The summed E-state index contributed by atoms with van der Waals surface area (Å²) in [5.74, 6) is -1.24. The fourth-order valence-corrected chi connectivity index (χ4v) is 3.23. The van der Waals surface area contributed by atoms with Gasteiger partial charge in [-0.3, -0.25) is 14.4 Å². The van der Waals surface area contributed by atoms with Crippen molar-refractivity contribution in [2.24, 2.45) is 5.41 Å². The first-order chi connectivity index (χ1) is 10.4. The lowest BCUT2D eigenvalue weighted by atomic mass is 9.84. The minimum absolute atomic E-state index is 0.108. The number of rotatable bonds is 4. The van der Waals surface area contributed by atoms with E-state index in [9.17, 15) is 14.4 Å². The van der Waals surface area contributed by atoms with Crippen LogP contribution in [0.25, 0.3) is 0 Å². The Kier molecular flexibility index (Phi) is 4.39. The van der Waals surface area contributed by atoms with Gasteiger partial charge in [0, 0.05) is 31.1 Å². The van der Waals surface area contributed by atoms with Crippen LogP contribution in [0.15, 0.2) is 10.9 Å². The zero-order valence-electron chi connectivity index (χ0n) is 13.4. The van der Waals surface area contributed by atoms with Gasteiger partial charge in [-0.1, -0.05) is 6.92 Å². The van der Waals surface area contributed by atoms with Crippen molar-refractivity contribution in [2.45, 2.75) is 39.7 Å². The van der Waals surface area contributed by atoms with Crippen LogP contribution in [0.1, 0.15) is 30.2 Å². The van der Waals surface area contributed by atoms with Crippen molar-refractivity contribution in [3.05, 3.63) is 33.2 Å². The van der Waals surface area contributed by atoms with Crippen LogP contribution in [0.2, 0.25) is 0 Å². The van der Waals surface area contributed by atoms with E-state index < -0.39 is 17.4 Å². The lowest BCUT2D eigenvalue weighted by Gasteiger charge is -2.22. The third-order valence-electron chi connectivity index (χ3n) is 4.36. The molecule has 0 radical (unpaired) electrons. The van der Waals surface area contributed by atoms with Crippen LogP contribution in [0.4, 0.5) is 0 Å². The van der Waals surface area contributed by atoms with E-state index in [2.05, 4.69) is 0 Å². The van der Waals surface area contributed by atoms with E-state index in [1.807, 2.05) is 13.8 Å². The molecule has 120 valence electrons. The molecule has 0 saturated carbocycles. The van der Waals surface area contributed by atoms with Crippen molar-refractivity contribution in [1.82, 2.24) is 4.57 Å². The SMILES string of the molecule is CCCn1c(C)c2c(cc1=O)CC(C(=O)OC)(C(=O)OC)C2. The van der Waals surface area contributed by atoms with Crippen LogP contribution < -0.4 is 5.56 Å². The zero-order chi connectivity index (χ0) is 16.5. The number of hydrogen-bond donors (Lipinski definition) is 0. The van der Waals surface area contributed by atoms with Gasteiger partial charge in [0.25, 0.3) is 5.56 Å². The van der Waals surface area contributed by atoms with Crippen molar-refractivity contribution in [3.8, 4) is 0 Å². The normalized spacial score (nSPS) is 15.3. The molecule has 0 aliphatic heterocycles. The molecule has 0 saturated heterocycles. The number of carbonyl (C=O) groups excluding carboxylic acids is 2. The van der Waals surface area contributed by atoms with E-state index in [0.717, 1.165) is 23.2 Å². The molecule has 6 heteroatoms. The molecule has 0 N–H and O–H groups in total.